The number of esters is 1. The average molecular weight is 248 g/mol. The first-order valence-electron chi connectivity index (χ1n) is 4.24. The first-order chi connectivity index (χ1) is 7.02. The van der Waals surface area contributed by atoms with Crippen LogP contribution in [-0.2, 0) is 11.2 Å². The van der Waals surface area contributed by atoms with Crippen molar-refractivity contribution >= 4 is 30.2 Å². The van der Waals surface area contributed by atoms with E-state index in [-0.39, 0.29) is 10.6 Å². The molecule has 1 heterocycles. The third-order valence-electron chi connectivity index (χ3n) is 1.95. The Bertz CT molecular complexity index is 455. The highest BCUT2D eigenvalue weighted by molar-refractivity contribution is 7.80. The van der Waals surface area contributed by atoms with Crippen molar-refractivity contribution in [2.45, 2.75) is 18.2 Å². The number of thiol groups is 1. The summed E-state index contributed by atoms with van der Waals surface area (Å²) >= 11 is 9.99. The van der Waals surface area contributed by atoms with Crippen molar-refractivity contribution in [3.05, 3.63) is 26.6 Å². The van der Waals surface area contributed by atoms with E-state index >= 15 is 0 Å². The van der Waals surface area contributed by atoms with E-state index in [1.807, 2.05) is 6.92 Å². The van der Waals surface area contributed by atoms with Gasteiger partial charge in [-0.15, -0.1) is 12.6 Å². The number of carbonyl (C=O) groups excluding carboxylic acids is 1. The summed E-state index contributed by atoms with van der Waals surface area (Å²) in [6, 6.07) is 0. The predicted octanol–water partition coefficient (Wildman–Crippen LogP) is 1.67. The largest absolute Gasteiger partial charge is 0.465 e. The molecule has 0 aliphatic heterocycles. The second-order valence-corrected chi connectivity index (χ2v) is 3.64. The maximum atomic E-state index is 11.5. The maximum absolute atomic E-state index is 11.5. The van der Waals surface area contributed by atoms with E-state index in [0.29, 0.717) is 17.0 Å². The number of hydrogen-bond acceptors (Lipinski definition) is 4. The number of aromatic nitrogens is 1. The number of pyridine rings is 1. The fraction of sp³-hybridized carbons (Fsp3) is 0.333. The molecule has 82 valence electrons. The lowest BCUT2D eigenvalue weighted by Crippen LogP contribution is -2.21. The maximum Gasteiger partial charge on any atom is 0.345 e. The fourth-order valence-corrected chi connectivity index (χ4v) is 1.75. The zero-order chi connectivity index (χ0) is 11.6. The van der Waals surface area contributed by atoms with E-state index in [9.17, 15) is 9.59 Å². The van der Waals surface area contributed by atoms with Crippen molar-refractivity contribution in [3.63, 3.8) is 0 Å². The third-order valence-corrected chi connectivity index (χ3v) is 2.95. The molecule has 1 N–H and O–H groups in total. The summed E-state index contributed by atoms with van der Waals surface area (Å²) in [5.41, 5.74) is -0.163. The zero-order valence-corrected chi connectivity index (χ0v) is 9.91. The minimum absolute atomic E-state index is 0.0331. The number of carbonyl (C=O) groups is 1. The number of hydrogen-bond donors (Lipinski definition) is 2. The van der Waals surface area contributed by atoms with Gasteiger partial charge in [-0.25, -0.2) is 4.79 Å². The molecule has 1 rings (SSSR count). The molecule has 0 aromatic carbocycles. The number of nitrogens with one attached hydrogen (secondary N) is 1. The molecule has 0 unspecified atom stereocenters. The van der Waals surface area contributed by atoms with Gasteiger partial charge in [0.05, 0.1) is 12.1 Å². The van der Waals surface area contributed by atoms with E-state index in [0.717, 1.165) is 0 Å². The summed E-state index contributed by atoms with van der Waals surface area (Å²) in [4.78, 5) is 25.7. The van der Waals surface area contributed by atoms with E-state index in [4.69, 9.17) is 11.6 Å². The monoisotopic (exact) mass is 247 g/mol. The van der Waals surface area contributed by atoms with Gasteiger partial charge in [0.25, 0.3) is 5.56 Å². The lowest BCUT2D eigenvalue weighted by molar-refractivity contribution is 0.0598. The van der Waals surface area contributed by atoms with E-state index in [2.05, 4.69) is 22.3 Å². The molecule has 4 nitrogen and oxygen atoms in total. The standard InChI is InChI=1S/C9H10ClNO3S/c1-3-4-7(15)6(10)5(8(12)11-4)9(13)14-2/h15H,3H2,1-2H3,(H,11,12). The number of aryl methyl sites for hydroxylation is 1. The Labute approximate surface area is 97.0 Å². The van der Waals surface area contributed by atoms with Gasteiger partial charge in [0.1, 0.15) is 5.56 Å². The average Bonchev–Trinajstić information content (AvgIpc) is 2.23. The van der Waals surface area contributed by atoms with Crippen LogP contribution in [0.25, 0.3) is 0 Å². The van der Waals surface area contributed by atoms with E-state index in [1.54, 1.807) is 0 Å². The highest BCUT2D eigenvalue weighted by Crippen LogP contribution is 2.24. The topological polar surface area (TPSA) is 59.2 Å². The highest BCUT2D eigenvalue weighted by Gasteiger charge is 2.19. The molecule has 0 aliphatic carbocycles. The van der Waals surface area contributed by atoms with Crippen LogP contribution in [0.2, 0.25) is 5.02 Å². The molecule has 1 aromatic heterocycles. The summed E-state index contributed by atoms with van der Waals surface area (Å²) in [5.74, 6) is -0.765. The highest BCUT2D eigenvalue weighted by atomic mass is 35.5. The second kappa shape index (κ2) is 4.72. The normalized spacial score (nSPS) is 10.1. The molecule has 0 spiro atoms. The molecule has 0 amide bonds. The lowest BCUT2D eigenvalue weighted by Gasteiger charge is -2.07. The number of ether oxygens (including phenoxy) is 1. The molecular formula is C9H10ClNO3S. The smallest absolute Gasteiger partial charge is 0.345 e. The molecule has 0 bridgehead atoms. The van der Waals surface area contributed by atoms with Crippen LogP contribution in [0, 0.1) is 0 Å². The summed E-state index contributed by atoms with van der Waals surface area (Å²) in [7, 11) is 1.18. The van der Waals surface area contributed by atoms with Gasteiger partial charge in [-0.1, -0.05) is 18.5 Å². The van der Waals surface area contributed by atoms with Crippen molar-refractivity contribution in [2.24, 2.45) is 0 Å². The van der Waals surface area contributed by atoms with Crippen molar-refractivity contribution < 1.29 is 9.53 Å². The molecule has 0 saturated heterocycles. The van der Waals surface area contributed by atoms with Crippen LogP contribution in [0.3, 0.4) is 0 Å². The first kappa shape index (κ1) is 12.1. The molecule has 6 heteroatoms. The molecule has 0 saturated carbocycles. The Hall–Kier alpha value is -0.940. The SMILES string of the molecule is CCc1[nH]c(=O)c(C(=O)OC)c(Cl)c1S. The quantitative estimate of drug-likeness (QED) is 0.617. The molecule has 0 aliphatic rings. The fourth-order valence-electron chi connectivity index (χ4n) is 1.15. The first-order valence-corrected chi connectivity index (χ1v) is 5.07. The Kier molecular flexibility index (Phi) is 3.82. The Morgan fingerprint density at radius 2 is 2.20 bits per heavy atom. The second-order valence-electron chi connectivity index (χ2n) is 2.82. The van der Waals surface area contributed by atoms with Gasteiger partial charge in [0.2, 0.25) is 0 Å². The van der Waals surface area contributed by atoms with Crippen LogP contribution >= 0.6 is 24.2 Å². The molecule has 0 atom stereocenters. The number of halogens is 1. The van der Waals surface area contributed by atoms with Gasteiger partial charge in [0, 0.05) is 10.6 Å². The molecule has 15 heavy (non-hydrogen) atoms. The third kappa shape index (κ3) is 2.18. The number of aromatic amines is 1. The minimum atomic E-state index is -0.765. The van der Waals surface area contributed by atoms with Gasteiger partial charge >= 0.3 is 5.97 Å². The number of rotatable bonds is 2. The van der Waals surface area contributed by atoms with Crippen molar-refractivity contribution in [1.29, 1.82) is 0 Å². The molecule has 0 fully saturated rings. The summed E-state index contributed by atoms with van der Waals surface area (Å²) in [5, 5.41) is 0.0331. The van der Waals surface area contributed by atoms with Crippen molar-refractivity contribution in [3.8, 4) is 0 Å². The van der Waals surface area contributed by atoms with Crippen LogP contribution in [0.5, 0.6) is 0 Å². The number of H-pyrrole nitrogens is 1. The van der Waals surface area contributed by atoms with Crippen molar-refractivity contribution in [2.75, 3.05) is 7.11 Å². The Balaban J connectivity index is 3.50. The minimum Gasteiger partial charge on any atom is -0.465 e. The van der Waals surface area contributed by atoms with E-state index in [1.165, 1.54) is 7.11 Å². The van der Waals surface area contributed by atoms with Crippen LogP contribution < -0.4 is 5.56 Å². The van der Waals surface area contributed by atoms with Gasteiger partial charge in [0.15, 0.2) is 0 Å². The predicted molar refractivity (Wildman–Crippen MR) is 60.0 cm³/mol. The summed E-state index contributed by atoms with van der Waals surface area (Å²) < 4.78 is 4.45. The van der Waals surface area contributed by atoms with E-state index < -0.39 is 11.5 Å². The molecular weight excluding hydrogens is 238 g/mol. The van der Waals surface area contributed by atoms with Gasteiger partial charge in [-0.3, -0.25) is 4.79 Å². The van der Waals surface area contributed by atoms with Gasteiger partial charge < -0.3 is 9.72 Å². The summed E-state index contributed by atoms with van der Waals surface area (Å²) in [6.07, 6.45) is 0.579. The zero-order valence-electron chi connectivity index (χ0n) is 8.26. The Morgan fingerprint density at radius 1 is 1.60 bits per heavy atom. The van der Waals surface area contributed by atoms with Crippen LogP contribution in [-0.4, -0.2) is 18.1 Å². The summed E-state index contributed by atoms with van der Waals surface area (Å²) in [6.45, 7) is 1.85. The van der Waals surface area contributed by atoms with Gasteiger partial charge in [-0.2, -0.15) is 0 Å². The molecule has 0 radical (unpaired) electrons. The molecule has 1 aromatic rings. The van der Waals surface area contributed by atoms with Gasteiger partial charge in [-0.05, 0) is 6.42 Å². The lowest BCUT2D eigenvalue weighted by atomic mass is 10.2. The van der Waals surface area contributed by atoms with Crippen LogP contribution in [0.4, 0.5) is 0 Å². The van der Waals surface area contributed by atoms with Crippen LogP contribution in [0.15, 0.2) is 9.69 Å². The Morgan fingerprint density at radius 3 is 2.67 bits per heavy atom. The number of methoxy groups -OCH3 is 1. The van der Waals surface area contributed by atoms with Crippen molar-refractivity contribution in [1.82, 2.24) is 4.98 Å². The van der Waals surface area contributed by atoms with Crippen LogP contribution in [0.1, 0.15) is 23.0 Å².